The van der Waals surface area contributed by atoms with Gasteiger partial charge in [-0.05, 0) is 23.6 Å². The summed E-state index contributed by atoms with van der Waals surface area (Å²) in [7, 11) is 0. The number of hydrogen-bond donors (Lipinski definition) is 2. The molecule has 0 aliphatic rings. The average molecular weight is 257 g/mol. The topological polar surface area (TPSA) is 76.7 Å². The Labute approximate surface area is 108 Å². The zero-order valence-electron chi connectivity index (χ0n) is 9.50. The minimum absolute atomic E-state index is 0.601. The summed E-state index contributed by atoms with van der Waals surface area (Å²) in [5.41, 5.74) is 3.56. The summed E-state index contributed by atoms with van der Waals surface area (Å²) >= 11 is 1.57. The normalized spacial score (nSPS) is 10.7. The first kappa shape index (κ1) is 11.1. The minimum atomic E-state index is 0.601. The Morgan fingerprint density at radius 3 is 2.94 bits per heavy atom. The third kappa shape index (κ3) is 2.03. The number of anilines is 1. The molecule has 0 radical (unpaired) electrons. The second-order valence-corrected chi connectivity index (χ2v) is 4.66. The smallest absolute Gasteiger partial charge is 0.152 e. The molecule has 0 spiro atoms. The Bertz CT molecular complexity index is 665. The van der Waals surface area contributed by atoms with Crippen molar-refractivity contribution in [3.63, 3.8) is 0 Å². The van der Waals surface area contributed by atoms with Crippen molar-refractivity contribution in [2.45, 2.75) is 6.42 Å². The van der Waals surface area contributed by atoms with E-state index < -0.39 is 0 Å². The van der Waals surface area contributed by atoms with Crippen LogP contribution in [0.1, 0.15) is 11.5 Å². The highest BCUT2D eigenvalue weighted by atomic mass is 32.1. The zero-order valence-corrected chi connectivity index (χ0v) is 10.3. The summed E-state index contributed by atoms with van der Waals surface area (Å²) in [5, 5.41) is 2.93. The van der Waals surface area contributed by atoms with E-state index in [1.807, 2.05) is 29.6 Å². The molecular weight excluding hydrogens is 246 g/mol. The fourth-order valence-corrected chi connectivity index (χ4v) is 2.54. The Morgan fingerprint density at radius 1 is 1.22 bits per heavy atom. The molecule has 3 aromatic heterocycles. The van der Waals surface area contributed by atoms with Gasteiger partial charge in [0.1, 0.15) is 10.7 Å². The molecule has 5 nitrogen and oxygen atoms in total. The molecule has 0 fully saturated rings. The fourth-order valence-electron chi connectivity index (χ4n) is 1.75. The van der Waals surface area contributed by atoms with Crippen LogP contribution >= 0.6 is 11.3 Å². The first-order chi connectivity index (χ1) is 8.86. The number of aromatic nitrogens is 3. The molecular formula is C12H11N5S. The van der Waals surface area contributed by atoms with E-state index in [1.54, 1.807) is 17.5 Å². The maximum Gasteiger partial charge on any atom is 0.152 e. The van der Waals surface area contributed by atoms with Crippen LogP contribution in [0.15, 0.2) is 35.8 Å². The van der Waals surface area contributed by atoms with Gasteiger partial charge in [-0.25, -0.2) is 15.8 Å². The van der Waals surface area contributed by atoms with Crippen molar-refractivity contribution in [3.8, 4) is 0 Å². The summed E-state index contributed by atoms with van der Waals surface area (Å²) in [6.07, 6.45) is 2.37. The van der Waals surface area contributed by atoms with Gasteiger partial charge >= 0.3 is 0 Å². The molecule has 0 bridgehead atoms. The van der Waals surface area contributed by atoms with Crippen LogP contribution in [0.2, 0.25) is 0 Å². The van der Waals surface area contributed by atoms with Gasteiger partial charge in [-0.1, -0.05) is 6.07 Å². The fraction of sp³-hybridized carbons (Fsp3) is 0.0833. The van der Waals surface area contributed by atoms with Crippen molar-refractivity contribution in [1.82, 2.24) is 15.0 Å². The van der Waals surface area contributed by atoms with Gasteiger partial charge in [-0.3, -0.25) is 4.98 Å². The summed E-state index contributed by atoms with van der Waals surface area (Å²) in [4.78, 5) is 14.1. The molecule has 0 saturated heterocycles. The predicted octanol–water partition coefficient (Wildman–Crippen LogP) is 1.96. The summed E-state index contributed by atoms with van der Waals surface area (Å²) < 4.78 is 0. The standard InChI is InChI=1S/C12H11N5S/c13-17-11-9-4-6-18-12(9)16-10(15-11)7-8-3-1-2-5-14-8/h1-6H,7,13H2,(H,15,16,17). The number of thiophene rings is 1. The highest BCUT2D eigenvalue weighted by molar-refractivity contribution is 7.16. The first-order valence-corrected chi connectivity index (χ1v) is 6.35. The quantitative estimate of drug-likeness (QED) is 0.554. The van der Waals surface area contributed by atoms with Crippen LogP contribution in [0.5, 0.6) is 0 Å². The maximum absolute atomic E-state index is 5.49. The van der Waals surface area contributed by atoms with Crippen molar-refractivity contribution in [3.05, 3.63) is 47.4 Å². The molecule has 0 aliphatic carbocycles. The lowest BCUT2D eigenvalue weighted by Gasteiger charge is -2.04. The lowest BCUT2D eigenvalue weighted by molar-refractivity contribution is 0.955. The van der Waals surface area contributed by atoms with Gasteiger partial charge < -0.3 is 5.43 Å². The van der Waals surface area contributed by atoms with E-state index in [0.29, 0.717) is 12.2 Å². The van der Waals surface area contributed by atoms with E-state index in [2.05, 4.69) is 20.4 Å². The Hall–Kier alpha value is -2.05. The molecule has 0 aliphatic heterocycles. The van der Waals surface area contributed by atoms with Crippen LogP contribution < -0.4 is 11.3 Å². The number of pyridine rings is 1. The van der Waals surface area contributed by atoms with Gasteiger partial charge in [0.05, 0.1) is 11.8 Å². The third-order valence-corrected chi connectivity index (χ3v) is 3.38. The Balaban J connectivity index is 2.02. The Morgan fingerprint density at radius 2 is 2.17 bits per heavy atom. The van der Waals surface area contributed by atoms with Crippen molar-refractivity contribution in [1.29, 1.82) is 0 Å². The lowest BCUT2D eigenvalue weighted by Crippen LogP contribution is -2.11. The molecule has 3 N–H and O–H groups in total. The van der Waals surface area contributed by atoms with Crippen molar-refractivity contribution in [2.24, 2.45) is 5.84 Å². The number of hydrogen-bond acceptors (Lipinski definition) is 6. The second-order valence-electron chi connectivity index (χ2n) is 3.77. The predicted molar refractivity (Wildman–Crippen MR) is 72.3 cm³/mol. The SMILES string of the molecule is NNc1nc(Cc2ccccn2)nc2sccc12. The van der Waals surface area contributed by atoms with Crippen LogP contribution in [-0.2, 0) is 6.42 Å². The van der Waals surface area contributed by atoms with Gasteiger partial charge in [0, 0.05) is 11.9 Å². The lowest BCUT2D eigenvalue weighted by atomic mass is 10.2. The number of nitrogens with one attached hydrogen (secondary N) is 1. The number of nitrogens with zero attached hydrogens (tertiary/aromatic N) is 3. The zero-order chi connectivity index (χ0) is 12.4. The molecule has 0 unspecified atom stereocenters. The van der Waals surface area contributed by atoms with E-state index >= 15 is 0 Å². The van der Waals surface area contributed by atoms with E-state index in [9.17, 15) is 0 Å². The number of nitrogens with two attached hydrogens (primary N) is 1. The maximum atomic E-state index is 5.49. The minimum Gasteiger partial charge on any atom is -0.308 e. The largest absolute Gasteiger partial charge is 0.308 e. The molecule has 6 heteroatoms. The third-order valence-electron chi connectivity index (χ3n) is 2.57. The molecule has 0 saturated carbocycles. The second kappa shape index (κ2) is 4.67. The molecule has 3 aromatic rings. The van der Waals surface area contributed by atoms with E-state index in [1.165, 1.54) is 0 Å². The van der Waals surface area contributed by atoms with Crippen LogP contribution in [0.25, 0.3) is 10.2 Å². The van der Waals surface area contributed by atoms with Crippen LogP contribution in [0.4, 0.5) is 5.82 Å². The van der Waals surface area contributed by atoms with Gasteiger partial charge in [0.15, 0.2) is 5.82 Å². The molecule has 3 rings (SSSR count). The van der Waals surface area contributed by atoms with Crippen LogP contribution in [0.3, 0.4) is 0 Å². The van der Waals surface area contributed by atoms with Crippen molar-refractivity contribution in [2.75, 3.05) is 5.43 Å². The summed E-state index contributed by atoms with van der Waals surface area (Å²) in [5.74, 6) is 6.86. The van der Waals surface area contributed by atoms with Gasteiger partial charge in [0.2, 0.25) is 0 Å². The summed E-state index contributed by atoms with van der Waals surface area (Å²) in [6, 6.07) is 7.76. The van der Waals surface area contributed by atoms with Crippen LogP contribution in [-0.4, -0.2) is 15.0 Å². The molecule has 90 valence electrons. The van der Waals surface area contributed by atoms with Crippen molar-refractivity contribution < 1.29 is 0 Å². The summed E-state index contributed by atoms with van der Waals surface area (Å²) in [6.45, 7) is 0. The molecule has 0 aromatic carbocycles. The van der Waals surface area contributed by atoms with E-state index in [0.717, 1.165) is 21.7 Å². The highest BCUT2D eigenvalue weighted by Gasteiger charge is 2.08. The van der Waals surface area contributed by atoms with E-state index in [4.69, 9.17) is 5.84 Å². The molecule has 0 amide bonds. The van der Waals surface area contributed by atoms with E-state index in [-0.39, 0.29) is 0 Å². The number of nitrogen functional groups attached to an aromatic ring is 1. The Kier molecular flexibility index (Phi) is 2.87. The van der Waals surface area contributed by atoms with Crippen molar-refractivity contribution >= 4 is 27.4 Å². The number of hydrazine groups is 1. The van der Waals surface area contributed by atoms with Gasteiger partial charge in [-0.15, -0.1) is 11.3 Å². The van der Waals surface area contributed by atoms with Gasteiger partial charge in [-0.2, -0.15) is 0 Å². The first-order valence-electron chi connectivity index (χ1n) is 5.47. The number of rotatable bonds is 3. The number of fused-ring (bicyclic) bond motifs is 1. The molecule has 18 heavy (non-hydrogen) atoms. The average Bonchev–Trinajstić information content (AvgIpc) is 2.87. The monoisotopic (exact) mass is 257 g/mol. The van der Waals surface area contributed by atoms with Crippen LogP contribution in [0, 0.1) is 0 Å². The highest BCUT2D eigenvalue weighted by Crippen LogP contribution is 2.24. The molecule has 0 atom stereocenters. The molecule has 3 heterocycles. The van der Waals surface area contributed by atoms with Gasteiger partial charge in [0.25, 0.3) is 0 Å².